The molecule has 0 amide bonds. The number of carbonyl (C=O) groups excluding carboxylic acids is 1. The summed E-state index contributed by atoms with van der Waals surface area (Å²) in [6.45, 7) is 35.9. The number of aliphatic hydroxyl groups is 1. The number of allylic oxidation sites excluding steroid dienone is 2. The average molecular weight is 1060 g/mol. The maximum atomic E-state index is 11.9. The van der Waals surface area contributed by atoms with Crippen LogP contribution in [0.4, 0.5) is 0 Å². The number of aryl methyl sites for hydroxylation is 2. The molecule has 0 fully saturated rings. The molecule has 0 bridgehead atoms. The second-order valence-corrected chi connectivity index (χ2v) is 20.5. The van der Waals surface area contributed by atoms with Crippen molar-refractivity contribution >= 4 is 27.3 Å². The van der Waals surface area contributed by atoms with Crippen LogP contribution in [-0.2, 0) is 35.7 Å². The number of hydrogen-bond acceptors (Lipinski definition) is 4. The number of nitrogens with zero attached hydrogens (tertiary/aromatic N) is 2. The molecule has 1 radical (unpaired) electrons. The third-order valence-electron chi connectivity index (χ3n) is 12.7. The van der Waals surface area contributed by atoms with E-state index < -0.39 is 0 Å². The minimum absolute atomic E-state index is 0. The second-order valence-electron chi connectivity index (χ2n) is 20.5. The van der Waals surface area contributed by atoms with Crippen LogP contribution in [0.2, 0.25) is 0 Å². The zero-order chi connectivity index (χ0) is 51.2. The molecule has 65 heavy (non-hydrogen) atoms. The minimum Gasteiger partial charge on any atom is -0.512 e. The number of fused-ring (bicyclic) bond motifs is 2. The van der Waals surface area contributed by atoms with Gasteiger partial charge in [0.15, 0.2) is 5.78 Å². The minimum atomic E-state index is -0.248. The van der Waals surface area contributed by atoms with Gasteiger partial charge in [0.05, 0.1) is 5.48 Å². The molecule has 2 heterocycles. The van der Waals surface area contributed by atoms with Gasteiger partial charge in [-0.2, -0.15) is 0 Å². The zero-order valence-corrected chi connectivity index (χ0v) is 44.9. The van der Waals surface area contributed by atoms with Gasteiger partial charge in [-0.15, -0.1) is 69.8 Å². The van der Waals surface area contributed by atoms with Crippen molar-refractivity contribution in [3.8, 4) is 22.5 Å². The maximum Gasteiger partial charge on any atom is 0.162 e. The predicted octanol–water partition coefficient (Wildman–Crippen LogP) is 17.1. The van der Waals surface area contributed by atoms with Gasteiger partial charge in [-0.1, -0.05) is 154 Å². The van der Waals surface area contributed by atoms with Crippen LogP contribution < -0.4 is 0 Å². The topological polar surface area (TPSA) is 63.1 Å². The molecule has 0 aliphatic heterocycles. The Bertz CT molecular complexity index is 2610. The Kier molecular flexibility index (Phi) is 17.4. The van der Waals surface area contributed by atoms with Crippen LogP contribution in [0.1, 0.15) is 180 Å². The first-order valence-corrected chi connectivity index (χ1v) is 23.5. The summed E-state index contributed by atoms with van der Waals surface area (Å²) in [5.74, 6) is 1.12. The van der Waals surface area contributed by atoms with Crippen molar-refractivity contribution in [1.29, 1.82) is 0 Å². The van der Waals surface area contributed by atoms with Crippen molar-refractivity contribution in [3.63, 3.8) is 0 Å². The van der Waals surface area contributed by atoms with E-state index in [0.717, 1.165) is 80.9 Å². The number of pyridine rings is 2. The van der Waals surface area contributed by atoms with Gasteiger partial charge in [0.2, 0.25) is 0 Å². The average Bonchev–Trinajstić information content (AvgIpc) is 3.27. The molecule has 0 saturated carbocycles. The SMILES string of the molecule is CCC(CC)C(=O)/C=C(\O)C(C)(CC)CC.[2H]c1nc(-c2[c-]c(C)cc(C(C)(C)C)c2)c2ccc(C(C)C)cc2c1[2H].[2H]c1nc(-c2[c-]c(C)cc(C(C)(C)C)c2)c2ccc(C(C)C)cc2c1[2H].[Ir]. The molecule has 1 N–H and O–H groups in total. The van der Waals surface area contributed by atoms with Crippen LogP contribution in [0.3, 0.4) is 0 Å². The number of aliphatic hydroxyl groups excluding tert-OH is 1. The van der Waals surface area contributed by atoms with Crippen LogP contribution in [0, 0.1) is 37.3 Å². The Morgan fingerprint density at radius 2 is 1.05 bits per heavy atom. The van der Waals surface area contributed by atoms with Gasteiger partial charge >= 0.3 is 0 Å². The quantitative estimate of drug-likeness (QED) is 0.0798. The Hall–Kier alpha value is -4.44. The summed E-state index contributed by atoms with van der Waals surface area (Å²) in [6.07, 6.45) is 4.86. The molecule has 0 saturated heterocycles. The number of ketones is 1. The molecule has 6 rings (SSSR count). The summed E-state index contributed by atoms with van der Waals surface area (Å²) in [5.41, 5.74) is 9.97. The number of hydrogen-bond donors (Lipinski definition) is 1. The molecule has 4 nitrogen and oxygen atoms in total. The number of benzene rings is 4. The molecule has 4 aromatic carbocycles. The van der Waals surface area contributed by atoms with Crippen LogP contribution in [0.15, 0.2) is 96.9 Å². The smallest absolute Gasteiger partial charge is 0.162 e. The van der Waals surface area contributed by atoms with Crippen molar-refractivity contribution in [2.24, 2.45) is 11.3 Å². The summed E-state index contributed by atoms with van der Waals surface area (Å²) in [4.78, 5) is 20.8. The Labute approximate surface area is 413 Å². The van der Waals surface area contributed by atoms with Gasteiger partial charge in [-0.05, 0) is 104 Å². The van der Waals surface area contributed by atoms with Gasteiger partial charge < -0.3 is 15.1 Å². The van der Waals surface area contributed by atoms with Crippen LogP contribution in [0.5, 0.6) is 0 Å². The molecular weight excluding hydrogens is 973 g/mol. The Balaban J connectivity index is 0.000000281. The summed E-state index contributed by atoms with van der Waals surface area (Å²) < 4.78 is 33.0. The van der Waals surface area contributed by atoms with E-state index in [1.54, 1.807) is 0 Å². The largest absolute Gasteiger partial charge is 0.512 e. The number of aromatic nitrogens is 2. The number of carbonyl (C=O) groups is 1. The van der Waals surface area contributed by atoms with Crippen molar-refractivity contribution < 1.29 is 35.5 Å². The van der Waals surface area contributed by atoms with Crippen LogP contribution in [-0.4, -0.2) is 20.9 Å². The fourth-order valence-electron chi connectivity index (χ4n) is 7.56. The molecule has 5 heteroatoms. The van der Waals surface area contributed by atoms with E-state index >= 15 is 0 Å². The van der Waals surface area contributed by atoms with Crippen molar-refractivity contribution in [2.45, 2.75) is 166 Å². The van der Waals surface area contributed by atoms with E-state index in [1.165, 1.54) is 28.3 Å². The molecule has 0 aliphatic carbocycles. The third kappa shape index (κ3) is 14.3. The number of rotatable bonds is 11. The summed E-state index contributed by atoms with van der Waals surface area (Å²) in [5, 5.41) is 13.4. The molecule has 0 spiro atoms. The van der Waals surface area contributed by atoms with E-state index in [2.05, 4.69) is 128 Å². The molecule has 2 aromatic heterocycles. The first-order chi connectivity index (χ1) is 31.6. The standard InChI is InChI=1S/2C23H26N.C14H26O2.Ir/c2*1-15(2)17-7-8-21-18(13-17)9-10-24-22(21)19-11-16(3)12-20(14-19)23(4,5)6;1-6-11(7-2)12(15)10-13(16)14(5,8-3)9-4;/h2*7-10,12-15H,1-6H3;10-11,16H,6-9H2,1-5H3;/q2*-1;;/b;;13-10-;/i2*9D,10D;;. The molecule has 0 unspecified atom stereocenters. The fraction of sp³-hybridized carbons (Fsp3) is 0.450. The summed E-state index contributed by atoms with van der Waals surface area (Å²) in [7, 11) is 0. The Morgan fingerprint density at radius 1 is 0.662 bits per heavy atom. The predicted molar refractivity (Wildman–Crippen MR) is 276 cm³/mol. The maximum absolute atomic E-state index is 11.9. The molecule has 0 atom stereocenters. The molecule has 6 aromatic rings. The van der Waals surface area contributed by atoms with E-state index in [4.69, 9.17) is 5.48 Å². The fourth-order valence-corrected chi connectivity index (χ4v) is 7.56. The van der Waals surface area contributed by atoms with Crippen LogP contribution in [0.25, 0.3) is 44.1 Å². The molecule has 351 valence electrons. The van der Waals surface area contributed by atoms with E-state index in [0.29, 0.717) is 11.8 Å². The van der Waals surface area contributed by atoms with Crippen molar-refractivity contribution in [1.82, 2.24) is 9.97 Å². The first-order valence-electron chi connectivity index (χ1n) is 25.5. The second kappa shape index (κ2) is 23.3. The van der Waals surface area contributed by atoms with Gasteiger partial charge in [0.25, 0.3) is 0 Å². The van der Waals surface area contributed by atoms with Crippen molar-refractivity contribution in [3.05, 3.63) is 142 Å². The van der Waals surface area contributed by atoms with E-state index in [-0.39, 0.29) is 78.2 Å². The van der Waals surface area contributed by atoms with Gasteiger partial charge in [-0.25, -0.2) is 0 Å². The van der Waals surface area contributed by atoms with Gasteiger partial charge in [0.1, 0.15) is 5.76 Å². The van der Waals surface area contributed by atoms with Crippen molar-refractivity contribution in [2.75, 3.05) is 0 Å². The first kappa shape index (κ1) is 48.5. The molecule has 0 aliphatic rings. The zero-order valence-electron chi connectivity index (χ0n) is 46.5. The van der Waals surface area contributed by atoms with E-state index in [9.17, 15) is 9.90 Å². The third-order valence-corrected chi connectivity index (χ3v) is 12.7. The monoisotopic (exact) mass is 1060 g/mol. The van der Waals surface area contributed by atoms with Gasteiger partial charge in [-0.3, -0.25) is 4.79 Å². The Morgan fingerprint density at radius 3 is 1.37 bits per heavy atom. The normalized spacial score (nSPS) is 13.1. The van der Waals surface area contributed by atoms with E-state index in [1.807, 2.05) is 72.7 Å². The van der Waals surface area contributed by atoms with Gasteiger partial charge in [0, 0.05) is 49.9 Å². The summed E-state index contributed by atoms with van der Waals surface area (Å²) in [6, 6.07) is 28.1. The van der Waals surface area contributed by atoms with Crippen LogP contribution >= 0.6 is 0 Å². The molecular formula is C60H78IrN2O2-2. The summed E-state index contributed by atoms with van der Waals surface area (Å²) >= 11 is 0.